The van der Waals surface area contributed by atoms with E-state index >= 15 is 0 Å². The molecule has 2 aromatic rings. The summed E-state index contributed by atoms with van der Waals surface area (Å²) in [7, 11) is 2.98. The number of carbonyl (C=O) groups excluding carboxylic acids is 2. The maximum atomic E-state index is 14.8. The van der Waals surface area contributed by atoms with Crippen LogP contribution in [-0.2, 0) is 9.59 Å². The lowest BCUT2D eigenvalue weighted by atomic mass is 9.94. The van der Waals surface area contributed by atoms with Crippen LogP contribution in [0, 0.1) is 5.82 Å². The Hall–Kier alpha value is -3.59. The number of carbonyl (C=O) groups is 2. The Labute approximate surface area is 223 Å². The van der Waals surface area contributed by atoms with Crippen LogP contribution in [0.5, 0.6) is 17.2 Å². The molecular formula is C29H37FN2O6. The maximum Gasteiger partial charge on any atom is 0.295 e. The topological polar surface area (TPSA) is 92.6 Å². The Balaban J connectivity index is 2.14. The lowest BCUT2D eigenvalue weighted by Gasteiger charge is -2.29. The third kappa shape index (κ3) is 6.10. The lowest BCUT2D eigenvalue weighted by molar-refractivity contribution is -0.896. The number of rotatable bonds is 12. The molecule has 2 aromatic carbocycles. The summed E-state index contributed by atoms with van der Waals surface area (Å²) in [5.41, 5.74) is 0.162. The zero-order valence-electron chi connectivity index (χ0n) is 22.9. The van der Waals surface area contributed by atoms with E-state index in [4.69, 9.17) is 14.2 Å². The molecule has 1 saturated heterocycles. The van der Waals surface area contributed by atoms with Crippen LogP contribution >= 0.6 is 0 Å². The van der Waals surface area contributed by atoms with Crippen molar-refractivity contribution in [2.75, 3.05) is 40.4 Å². The monoisotopic (exact) mass is 528 g/mol. The summed E-state index contributed by atoms with van der Waals surface area (Å²) in [6, 6.07) is 7.81. The van der Waals surface area contributed by atoms with E-state index in [1.54, 1.807) is 32.0 Å². The molecule has 0 aliphatic carbocycles. The second-order valence-corrected chi connectivity index (χ2v) is 9.45. The van der Waals surface area contributed by atoms with Gasteiger partial charge in [0.15, 0.2) is 11.6 Å². The second-order valence-electron chi connectivity index (χ2n) is 9.45. The van der Waals surface area contributed by atoms with Gasteiger partial charge in [-0.1, -0.05) is 11.8 Å². The molecule has 0 radical (unpaired) electrons. The molecule has 1 N–H and O–H groups in total. The Morgan fingerprint density at radius 3 is 2.32 bits per heavy atom. The number of benzene rings is 2. The van der Waals surface area contributed by atoms with Crippen molar-refractivity contribution >= 4 is 17.4 Å². The van der Waals surface area contributed by atoms with Crippen molar-refractivity contribution in [2.45, 2.75) is 46.3 Å². The fourth-order valence-electron chi connectivity index (χ4n) is 4.73. The van der Waals surface area contributed by atoms with E-state index in [2.05, 4.69) is 13.8 Å². The summed E-state index contributed by atoms with van der Waals surface area (Å²) in [5, 5.41) is 13.7. The summed E-state index contributed by atoms with van der Waals surface area (Å²) in [6.45, 7) is 10.7. The number of ether oxygens (including phenoxy) is 3. The number of hydrogen-bond donors (Lipinski definition) is 1. The van der Waals surface area contributed by atoms with Gasteiger partial charge in [-0.3, -0.25) is 9.59 Å². The van der Waals surface area contributed by atoms with Crippen LogP contribution in [0.25, 0.3) is 5.76 Å². The molecule has 8 nitrogen and oxygen atoms in total. The van der Waals surface area contributed by atoms with Crippen LogP contribution in [0.15, 0.2) is 42.0 Å². The molecular weight excluding hydrogens is 491 g/mol. The number of methoxy groups -OCH3 is 2. The first kappa shape index (κ1) is 29.0. The van der Waals surface area contributed by atoms with Gasteiger partial charge in [0, 0.05) is 24.1 Å². The highest BCUT2D eigenvalue weighted by Crippen LogP contribution is 2.43. The van der Waals surface area contributed by atoms with Gasteiger partial charge in [0.05, 0.1) is 46.0 Å². The molecule has 0 bridgehead atoms. The standard InChI is InChI=1S/C29H37FN2O6/c1-7-31(8-2)14-9-15-32-26(21-17-20(36-5)11-13-23(21)37-6)25(28(34)29(32)35)27(33)19-10-12-24(22(30)16-19)38-18(3)4/h10-13,16-18,26,33H,7-9,14-15H2,1-6H3/b27-25+. The van der Waals surface area contributed by atoms with E-state index < -0.39 is 29.3 Å². The van der Waals surface area contributed by atoms with Crippen molar-refractivity contribution in [1.29, 1.82) is 0 Å². The van der Waals surface area contributed by atoms with Crippen LogP contribution in [0.1, 0.15) is 51.3 Å². The predicted molar refractivity (Wildman–Crippen MR) is 140 cm³/mol. The minimum Gasteiger partial charge on any atom is -0.872 e. The fraction of sp³-hybridized carbons (Fsp3) is 0.448. The Morgan fingerprint density at radius 2 is 1.74 bits per heavy atom. The van der Waals surface area contributed by atoms with E-state index in [-0.39, 0.29) is 29.5 Å². The highest BCUT2D eigenvalue weighted by atomic mass is 19.1. The zero-order valence-corrected chi connectivity index (χ0v) is 22.9. The van der Waals surface area contributed by atoms with Crippen molar-refractivity contribution in [2.24, 2.45) is 0 Å². The lowest BCUT2D eigenvalue weighted by Crippen LogP contribution is -3.11. The third-order valence-corrected chi connectivity index (χ3v) is 6.75. The molecule has 1 atom stereocenters. The second kappa shape index (κ2) is 12.8. The fourth-order valence-corrected chi connectivity index (χ4v) is 4.73. The predicted octanol–water partition coefficient (Wildman–Crippen LogP) is 2.17. The molecule has 1 aliphatic rings. The molecule has 0 spiro atoms. The Morgan fingerprint density at radius 1 is 1.05 bits per heavy atom. The largest absolute Gasteiger partial charge is 0.872 e. The van der Waals surface area contributed by atoms with Gasteiger partial charge in [0.1, 0.15) is 11.5 Å². The SMILES string of the molecule is CC[NH+](CC)CCCN1C(=O)C(=O)/C(=C(/[O-])c2ccc(OC(C)C)c(F)c2)C1c1cc(OC)ccc1OC. The highest BCUT2D eigenvalue weighted by Gasteiger charge is 2.45. The number of hydrogen-bond acceptors (Lipinski definition) is 6. The summed E-state index contributed by atoms with van der Waals surface area (Å²) in [6.07, 6.45) is 0.377. The number of ketones is 1. The number of amides is 1. The van der Waals surface area contributed by atoms with E-state index in [1.165, 1.54) is 36.2 Å². The molecule has 206 valence electrons. The number of quaternary nitrogens is 1. The molecule has 0 saturated carbocycles. The smallest absolute Gasteiger partial charge is 0.295 e. The number of Topliss-reactive ketones (excluding diaryl/α,β-unsaturated/α-hetero) is 1. The average molecular weight is 529 g/mol. The van der Waals surface area contributed by atoms with E-state index in [0.29, 0.717) is 23.5 Å². The zero-order chi connectivity index (χ0) is 28.0. The normalized spacial score (nSPS) is 17.0. The number of nitrogens with one attached hydrogen (secondary N) is 1. The van der Waals surface area contributed by atoms with E-state index in [0.717, 1.165) is 25.7 Å². The van der Waals surface area contributed by atoms with Crippen molar-refractivity contribution < 1.29 is 38.2 Å². The molecule has 1 aliphatic heterocycles. The van der Waals surface area contributed by atoms with Crippen molar-refractivity contribution in [3.63, 3.8) is 0 Å². The van der Waals surface area contributed by atoms with E-state index in [9.17, 15) is 19.1 Å². The highest BCUT2D eigenvalue weighted by molar-refractivity contribution is 6.46. The minimum absolute atomic E-state index is 0.00178. The first-order valence-corrected chi connectivity index (χ1v) is 12.9. The van der Waals surface area contributed by atoms with Crippen LogP contribution in [-0.4, -0.2) is 63.1 Å². The molecule has 9 heteroatoms. The number of halogens is 1. The van der Waals surface area contributed by atoms with Gasteiger partial charge in [0.2, 0.25) is 5.78 Å². The van der Waals surface area contributed by atoms with Crippen molar-refractivity contribution in [3.8, 4) is 17.2 Å². The first-order chi connectivity index (χ1) is 18.2. The van der Waals surface area contributed by atoms with Crippen molar-refractivity contribution in [3.05, 3.63) is 58.9 Å². The van der Waals surface area contributed by atoms with Crippen molar-refractivity contribution in [1.82, 2.24) is 4.90 Å². The van der Waals surface area contributed by atoms with Crippen LogP contribution in [0.3, 0.4) is 0 Å². The summed E-state index contributed by atoms with van der Waals surface area (Å²) in [4.78, 5) is 29.4. The third-order valence-electron chi connectivity index (χ3n) is 6.75. The molecule has 38 heavy (non-hydrogen) atoms. The molecule has 1 heterocycles. The Bertz CT molecular complexity index is 1190. The van der Waals surface area contributed by atoms with Gasteiger partial charge in [-0.2, -0.15) is 0 Å². The van der Waals surface area contributed by atoms with E-state index in [1.807, 2.05) is 0 Å². The molecule has 0 aromatic heterocycles. The van der Waals surface area contributed by atoms with Gasteiger partial charge in [-0.05, 0) is 63.6 Å². The minimum atomic E-state index is -1.01. The van der Waals surface area contributed by atoms with Crippen LogP contribution in [0.4, 0.5) is 4.39 Å². The first-order valence-electron chi connectivity index (χ1n) is 12.9. The summed E-state index contributed by atoms with van der Waals surface area (Å²) in [5.74, 6) is -2.23. The van der Waals surface area contributed by atoms with Gasteiger partial charge >= 0.3 is 0 Å². The molecule has 3 rings (SSSR count). The number of nitrogens with zero attached hydrogens (tertiary/aromatic N) is 1. The summed E-state index contributed by atoms with van der Waals surface area (Å²) >= 11 is 0. The van der Waals surface area contributed by atoms with Gasteiger partial charge in [-0.15, -0.1) is 0 Å². The van der Waals surface area contributed by atoms with Gasteiger partial charge in [-0.25, -0.2) is 4.39 Å². The molecule has 1 fully saturated rings. The van der Waals surface area contributed by atoms with Gasteiger partial charge in [0.25, 0.3) is 5.91 Å². The average Bonchev–Trinajstić information content (AvgIpc) is 3.16. The Kier molecular flexibility index (Phi) is 9.74. The molecule has 1 amide bonds. The van der Waals surface area contributed by atoms with Crippen LogP contribution < -0.4 is 24.2 Å². The quantitative estimate of drug-likeness (QED) is 0.258. The maximum absolute atomic E-state index is 14.8. The van der Waals surface area contributed by atoms with Crippen LogP contribution in [0.2, 0.25) is 0 Å². The summed E-state index contributed by atoms with van der Waals surface area (Å²) < 4.78 is 31.1. The van der Waals surface area contributed by atoms with Gasteiger partial charge < -0.3 is 29.1 Å². The number of likely N-dealkylation sites (tertiary alicyclic amines) is 1. The molecule has 1 unspecified atom stereocenters.